The molecular weight excluding hydrogens is 318 g/mol. The van der Waals surface area contributed by atoms with Crippen molar-refractivity contribution in [1.82, 2.24) is 29.1 Å². The quantitative estimate of drug-likeness (QED) is 0.411. The van der Waals surface area contributed by atoms with Crippen LogP contribution in [-0.2, 0) is 12.6 Å². The highest BCUT2D eigenvalue weighted by atomic mass is 32.2. The Labute approximate surface area is 135 Å². The molecule has 0 fully saturated rings. The topological polar surface area (TPSA) is 105 Å². The van der Waals surface area contributed by atoms with Crippen LogP contribution in [0.15, 0.2) is 29.0 Å². The second kappa shape index (κ2) is 5.30. The Balaban J connectivity index is 2.11. The van der Waals surface area contributed by atoms with Crippen LogP contribution in [0.4, 0.5) is 5.82 Å². The first kappa shape index (κ1) is 15.4. The summed E-state index contributed by atoms with van der Waals surface area (Å²) in [6.45, 7) is 6.15. The number of hydrogen-bond acceptors (Lipinski definition) is 7. The van der Waals surface area contributed by atoms with Crippen LogP contribution in [0.25, 0.3) is 11.2 Å². The number of rotatable bonds is 3. The van der Waals surface area contributed by atoms with E-state index in [2.05, 4.69) is 40.7 Å². The van der Waals surface area contributed by atoms with Gasteiger partial charge in [0.15, 0.2) is 10.7 Å². The second-order valence-electron chi connectivity index (χ2n) is 5.98. The van der Waals surface area contributed by atoms with E-state index in [4.69, 9.17) is 0 Å². The van der Waals surface area contributed by atoms with Gasteiger partial charge in [-0.3, -0.25) is 0 Å². The van der Waals surface area contributed by atoms with Crippen LogP contribution in [0.1, 0.15) is 20.8 Å². The fourth-order valence-corrected chi connectivity index (χ4v) is 3.05. The van der Waals surface area contributed by atoms with Gasteiger partial charge in [0.25, 0.3) is 0 Å². The van der Waals surface area contributed by atoms with E-state index >= 15 is 0 Å². The maximum atomic E-state index is 11.1. The lowest BCUT2D eigenvalue weighted by molar-refractivity contribution is -0.392. The second-order valence-corrected chi connectivity index (χ2v) is 6.96. The zero-order valence-electron chi connectivity index (χ0n) is 13.1. The molecule has 0 aliphatic carbocycles. The molecule has 0 spiro atoms. The summed E-state index contributed by atoms with van der Waals surface area (Å²) in [6, 6.07) is 0. The molecule has 9 nitrogen and oxygen atoms in total. The van der Waals surface area contributed by atoms with E-state index in [0.717, 1.165) is 11.8 Å². The SMILES string of the molecule is Cn1cnc([N+](=O)[O-])c1Sc1ncnc2c1ncn2C(C)(C)C. The summed E-state index contributed by atoms with van der Waals surface area (Å²) in [5, 5.41) is 12.1. The summed E-state index contributed by atoms with van der Waals surface area (Å²) < 4.78 is 3.54. The molecule has 0 saturated carbocycles. The average molecular weight is 333 g/mol. The summed E-state index contributed by atoms with van der Waals surface area (Å²) in [7, 11) is 1.70. The predicted octanol–water partition coefficient (Wildman–Crippen LogP) is 2.37. The van der Waals surface area contributed by atoms with Gasteiger partial charge in [-0.1, -0.05) is 0 Å². The molecule has 0 aliphatic rings. The number of nitro groups is 1. The third-order valence-electron chi connectivity index (χ3n) is 3.25. The molecule has 0 aliphatic heterocycles. The lowest BCUT2D eigenvalue weighted by Crippen LogP contribution is -2.21. The van der Waals surface area contributed by atoms with Gasteiger partial charge in [-0.05, 0) is 42.4 Å². The minimum Gasteiger partial charge on any atom is -0.358 e. The normalized spacial score (nSPS) is 12.0. The first-order valence-electron chi connectivity index (χ1n) is 6.81. The minimum absolute atomic E-state index is 0.177. The maximum absolute atomic E-state index is 11.1. The van der Waals surface area contributed by atoms with Crippen LogP contribution in [0.3, 0.4) is 0 Å². The van der Waals surface area contributed by atoms with E-state index in [9.17, 15) is 10.1 Å². The molecular formula is C13H15N7O2S. The predicted molar refractivity (Wildman–Crippen MR) is 84.3 cm³/mol. The highest BCUT2D eigenvalue weighted by Crippen LogP contribution is 2.35. The molecule has 0 bridgehead atoms. The lowest BCUT2D eigenvalue weighted by Gasteiger charge is -2.20. The van der Waals surface area contributed by atoms with Gasteiger partial charge in [0.1, 0.15) is 16.9 Å². The van der Waals surface area contributed by atoms with Gasteiger partial charge in [0.05, 0.1) is 6.33 Å². The Kier molecular flexibility index (Phi) is 3.55. The molecule has 120 valence electrons. The Bertz CT molecular complexity index is 893. The lowest BCUT2D eigenvalue weighted by atomic mass is 10.1. The van der Waals surface area contributed by atoms with Crippen LogP contribution in [0, 0.1) is 10.1 Å². The largest absolute Gasteiger partial charge is 0.396 e. The maximum Gasteiger partial charge on any atom is 0.396 e. The molecule has 0 amide bonds. The molecule has 23 heavy (non-hydrogen) atoms. The van der Waals surface area contributed by atoms with Crippen LogP contribution < -0.4 is 0 Å². The van der Waals surface area contributed by atoms with E-state index in [0.29, 0.717) is 21.2 Å². The number of fused-ring (bicyclic) bond motifs is 1. The number of aryl methyl sites for hydroxylation is 1. The number of hydrogen-bond donors (Lipinski definition) is 0. The van der Waals surface area contributed by atoms with Crippen molar-refractivity contribution in [2.75, 3.05) is 0 Å². The van der Waals surface area contributed by atoms with E-state index in [1.807, 2.05) is 4.57 Å². The highest BCUT2D eigenvalue weighted by Gasteiger charge is 2.24. The Hall–Kier alpha value is -2.49. The Morgan fingerprint density at radius 2 is 1.91 bits per heavy atom. The van der Waals surface area contributed by atoms with Crippen molar-refractivity contribution in [3.63, 3.8) is 0 Å². The van der Waals surface area contributed by atoms with Crippen LogP contribution in [0.2, 0.25) is 0 Å². The zero-order chi connectivity index (χ0) is 16.8. The molecule has 0 saturated heterocycles. The number of aromatic nitrogens is 6. The molecule has 3 aromatic rings. The third kappa shape index (κ3) is 2.65. The molecule has 0 N–H and O–H groups in total. The first-order chi connectivity index (χ1) is 10.8. The van der Waals surface area contributed by atoms with Crippen molar-refractivity contribution in [2.45, 2.75) is 36.4 Å². The molecule has 0 radical (unpaired) electrons. The molecule has 0 atom stereocenters. The number of nitrogens with zero attached hydrogens (tertiary/aromatic N) is 7. The van der Waals surface area contributed by atoms with Crippen molar-refractivity contribution >= 4 is 28.7 Å². The Morgan fingerprint density at radius 3 is 2.57 bits per heavy atom. The summed E-state index contributed by atoms with van der Waals surface area (Å²) in [6.07, 6.45) is 4.56. The monoisotopic (exact) mass is 333 g/mol. The molecule has 10 heteroatoms. The average Bonchev–Trinajstić information content (AvgIpc) is 3.03. The van der Waals surface area contributed by atoms with Crippen molar-refractivity contribution in [3.05, 3.63) is 29.1 Å². The third-order valence-corrected chi connectivity index (χ3v) is 4.41. The van der Waals surface area contributed by atoms with Crippen molar-refractivity contribution in [3.8, 4) is 0 Å². The summed E-state index contributed by atoms with van der Waals surface area (Å²) >= 11 is 1.16. The molecule has 0 aromatic carbocycles. The Morgan fingerprint density at radius 1 is 1.17 bits per heavy atom. The zero-order valence-corrected chi connectivity index (χ0v) is 13.9. The van der Waals surface area contributed by atoms with Crippen LogP contribution in [-0.4, -0.2) is 34.0 Å². The van der Waals surface area contributed by atoms with Crippen molar-refractivity contribution in [2.24, 2.45) is 7.05 Å². The molecule has 3 aromatic heterocycles. The van der Waals surface area contributed by atoms with Crippen LogP contribution in [0.5, 0.6) is 0 Å². The van der Waals surface area contributed by atoms with E-state index in [-0.39, 0.29) is 11.4 Å². The fourth-order valence-electron chi connectivity index (χ4n) is 2.12. The number of imidazole rings is 2. The molecule has 3 heterocycles. The summed E-state index contributed by atoms with van der Waals surface area (Å²) in [4.78, 5) is 27.3. The van der Waals surface area contributed by atoms with Gasteiger partial charge >= 0.3 is 5.82 Å². The van der Waals surface area contributed by atoms with Gasteiger partial charge in [-0.15, -0.1) is 0 Å². The smallest absolute Gasteiger partial charge is 0.358 e. The molecule has 3 rings (SSSR count). The van der Waals surface area contributed by atoms with E-state index in [1.54, 1.807) is 17.9 Å². The van der Waals surface area contributed by atoms with Gasteiger partial charge in [0.2, 0.25) is 6.33 Å². The van der Waals surface area contributed by atoms with E-state index in [1.165, 1.54) is 12.7 Å². The standard InChI is InChI=1S/C13H15N7O2S/c1-13(2,3)19-7-16-8-9(19)14-5-15-11(8)23-12-10(20(21)22)17-6-18(12)4/h5-7H,1-4H3. The van der Waals surface area contributed by atoms with Gasteiger partial charge < -0.3 is 19.2 Å². The highest BCUT2D eigenvalue weighted by molar-refractivity contribution is 7.99. The van der Waals surface area contributed by atoms with Crippen molar-refractivity contribution < 1.29 is 4.92 Å². The van der Waals surface area contributed by atoms with Crippen LogP contribution >= 0.6 is 11.8 Å². The minimum atomic E-state index is -0.505. The summed E-state index contributed by atoms with van der Waals surface area (Å²) in [5.74, 6) is -0.195. The molecule has 0 unspecified atom stereocenters. The van der Waals surface area contributed by atoms with Gasteiger partial charge in [0, 0.05) is 12.6 Å². The first-order valence-corrected chi connectivity index (χ1v) is 7.63. The fraction of sp³-hybridized carbons (Fsp3) is 0.385. The van der Waals surface area contributed by atoms with Crippen molar-refractivity contribution in [1.29, 1.82) is 0 Å². The summed E-state index contributed by atoms with van der Waals surface area (Å²) in [5.41, 5.74) is 1.13. The van der Waals surface area contributed by atoms with Gasteiger partial charge in [-0.2, -0.15) is 0 Å². The van der Waals surface area contributed by atoms with E-state index < -0.39 is 4.92 Å². The van der Waals surface area contributed by atoms with Gasteiger partial charge in [-0.25, -0.2) is 15.0 Å².